The summed E-state index contributed by atoms with van der Waals surface area (Å²) in [5.74, 6) is -11.2. The Labute approximate surface area is 769 Å². The van der Waals surface area contributed by atoms with Gasteiger partial charge in [0.1, 0.15) is 0 Å². The third kappa shape index (κ3) is 36.3. The molecule has 4 radical (unpaired) electrons. The quantitative estimate of drug-likeness (QED) is 0.0835. The van der Waals surface area contributed by atoms with Crippen LogP contribution in [0.15, 0.2) is 341 Å². The van der Waals surface area contributed by atoms with Crippen molar-refractivity contribution in [2.24, 2.45) is 0 Å². The van der Waals surface area contributed by atoms with Gasteiger partial charge in [-0.05, 0) is 140 Å². The Balaban J connectivity index is -0.000000211. The maximum Gasteiger partial charge on any atom is 2.00 e. The van der Waals surface area contributed by atoms with Gasteiger partial charge in [0.05, 0.1) is 93.3 Å². The molecule has 8 heterocycles. The molecule has 16 rings (SSSR count). The molecule has 0 spiro atoms. The van der Waals surface area contributed by atoms with E-state index in [0.717, 1.165) is 45.6 Å². The summed E-state index contributed by atoms with van der Waals surface area (Å²) in [4.78, 5) is 120. The number of hydrogen-bond donors (Lipinski definition) is 0. The fourth-order valence-corrected chi connectivity index (χ4v) is 10.8. The molecule has 0 unspecified atom stereocenters. The molecular formula is C88H88Mn4N8O28+8. The number of fused-ring (bicyclic) bond motifs is 4. The van der Waals surface area contributed by atoms with Crippen LogP contribution in [0.5, 0.6) is 0 Å². The molecule has 8 aromatic carbocycles. The average Bonchev–Trinajstić information content (AvgIpc) is 0.805. The third-order valence-corrected chi connectivity index (χ3v) is 15.7. The molecule has 0 aliphatic rings. The van der Waals surface area contributed by atoms with Crippen molar-refractivity contribution in [2.75, 3.05) is 0 Å². The van der Waals surface area contributed by atoms with Gasteiger partial charge in [-0.3, -0.25) is 39.9 Å². The van der Waals surface area contributed by atoms with Gasteiger partial charge in [0.25, 0.3) is 0 Å². The molecule has 16 aromatic rings. The summed E-state index contributed by atoms with van der Waals surface area (Å²) in [5, 5.41) is 89.6. The first kappa shape index (κ1) is 129. The molecule has 8 aromatic heterocycles. The molecule has 0 fully saturated rings. The van der Waals surface area contributed by atoms with Crippen LogP contribution in [0.4, 0.5) is 0 Å². The number of aromatic nitrogens is 8. The zero-order chi connectivity index (χ0) is 79.7. The molecule has 0 atom stereocenters. The van der Waals surface area contributed by atoms with Crippen molar-refractivity contribution in [3.63, 3.8) is 0 Å². The maximum atomic E-state index is 10.9. The molecule has 0 bridgehead atoms. The van der Waals surface area contributed by atoms with Crippen LogP contribution in [-0.4, -0.2) is 110 Å². The molecular weight excluding hydrogens is 1840 g/mol. The van der Waals surface area contributed by atoms with Gasteiger partial charge in [-0.25, -0.2) is 0 Å². The molecule has 36 nitrogen and oxygen atoms in total. The van der Waals surface area contributed by atoms with Crippen molar-refractivity contribution in [3.05, 3.63) is 385 Å². The molecule has 668 valence electrons. The Morgan fingerprint density at radius 3 is 0.336 bits per heavy atom. The zero-order valence-corrected chi connectivity index (χ0v) is 71.3. The number of hydrogen-bond acceptors (Lipinski definition) is 24. The van der Waals surface area contributed by atoms with Crippen LogP contribution in [0, 0.1) is 0 Å². The van der Waals surface area contributed by atoms with Gasteiger partial charge >= 0.3 is 68.3 Å². The summed E-state index contributed by atoms with van der Waals surface area (Å²) in [6, 6.07) is 82.2. The van der Waals surface area contributed by atoms with Gasteiger partial charge in [0.15, 0.2) is 0 Å². The monoisotopic (exact) mass is 1920 g/mol. The number of nitrogens with zero attached hydrogens (tertiary/aromatic N) is 8. The summed E-state index contributed by atoms with van der Waals surface area (Å²) in [6.45, 7) is 0. The van der Waals surface area contributed by atoms with Gasteiger partial charge in [0.2, 0.25) is 0 Å². The van der Waals surface area contributed by atoms with Crippen LogP contribution in [0.3, 0.4) is 0 Å². The average molecular weight is 1930 g/mol. The van der Waals surface area contributed by atoms with E-state index in [4.69, 9.17) is 0 Å². The van der Waals surface area contributed by atoms with E-state index in [0.29, 0.717) is 21.5 Å². The minimum atomic E-state index is -1.40. The first-order chi connectivity index (χ1) is 54.3. The standard InChI is InChI=1S/4C12H8O4.4C10H8N2.4Mn.12H2O/c4*13-11(14)8-5-1-3-7-4-2-6-9(10(7)8)12(15)16;4*1-3-7-11-9(5-1)10-6-2-4-8-12-10;;;;;;;;;;;;;;;;/h4*1-6H,(H,13,14)(H,15,16);4*1-8H;;;;;12*1H2/q;;;;;;;;4*+2;;;;;;;;;;;;. The van der Waals surface area contributed by atoms with Gasteiger partial charge in [-0.2, -0.15) is 0 Å². The van der Waals surface area contributed by atoms with E-state index in [1.165, 1.54) is 97.1 Å². The van der Waals surface area contributed by atoms with Crippen LogP contribution < -0.4 is 40.9 Å². The minimum absolute atomic E-state index is 0. The van der Waals surface area contributed by atoms with Crippen LogP contribution in [0.25, 0.3) is 88.6 Å². The van der Waals surface area contributed by atoms with Gasteiger partial charge in [-0.1, -0.05) is 194 Å². The molecule has 0 saturated carbocycles. The molecule has 0 amide bonds. The predicted octanol–water partition coefficient (Wildman–Crippen LogP) is -3.84. The minimum Gasteiger partial charge on any atom is -0.545 e. The second kappa shape index (κ2) is 65.9. The fraction of sp³-hybridized carbons (Fsp3) is 0. The van der Waals surface area contributed by atoms with Crippen LogP contribution in [-0.2, 0) is 112 Å². The smallest absolute Gasteiger partial charge is 0.545 e. The molecule has 32 N–H and O–H groups in total. The Hall–Kier alpha value is -14.6. The number of carboxylic acids is 8. The normalized spacial score (nSPS) is 8.75. The molecule has 0 aliphatic carbocycles. The summed E-state index contributed by atoms with van der Waals surface area (Å²) in [5.41, 5.74) is 6.19. The van der Waals surface area contributed by atoms with Gasteiger partial charge in [0, 0.05) is 94.1 Å². The van der Waals surface area contributed by atoms with Crippen molar-refractivity contribution < 1.29 is 213 Å². The number of benzene rings is 8. The second-order valence-corrected chi connectivity index (χ2v) is 22.9. The molecule has 0 aliphatic heterocycles. The Kier molecular flexibility index (Phi) is 66.4. The number of carbonyl (C=O) groups excluding carboxylic acids is 8. The largest absolute Gasteiger partial charge is 2.00 e. The van der Waals surface area contributed by atoms with E-state index in [-0.39, 0.29) is 200 Å². The van der Waals surface area contributed by atoms with E-state index >= 15 is 0 Å². The van der Waals surface area contributed by atoms with Crippen molar-refractivity contribution >= 4 is 90.8 Å². The zero-order valence-electron chi connectivity index (χ0n) is 66.6. The number of carboxylic acid groups (broad SMARTS) is 8. The molecule has 0 saturated heterocycles. The molecule has 128 heavy (non-hydrogen) atoms. The van der Waals surface area contributed by atoms with E-state index < -0.39 is 47.8 Å². The Bertz CT molecular complexity index is 4890. The predicted molar refractivity (Wildman–Crippen MR) is 454 cm³/mol. The van der Waals surface area contributed by atoms with Gasteiger partial charge < -0.3 is 145 Å². The number of carbonyl (C=O) groups is 8. The summed E-state index contributed by atoms with van der Waals surface area (Å²) < 4.78 is 0. The summed E-state index contributed by atoms with van der Waals surface area (Å²) in [7, 11) is 0. The SMILES string of the molecule is O.O.O.O.O=C([O-])c1cccc2cccc(C(=O)[O-])c12.O=C([O-])c1cccc2cccc(C(=O)[O-])c12.O=C([O-])c1cccc2cccc(C(=O)[O-])c12.O=C([O-])c1cccc2cccc(C(=O)[O-])c12.[Mn+2].[Mn+2].[Mn+2].[Mn+2].[OH3+].[OH3+].[OH3+].[OH3+].[OH3+].[OH3+].[OH3+].[OH3+].c1ccc(-c2ccccn2)nc1.c1ccc(-c2ccccn2)nc1.c1ccc(-c2ccccn2)nc1.c1ccc(-c2ccccn2)nc1. The summed E-state index contributed by atoms with van der Waals surface area (Å²) >= 11 is 0. The van der Waals surface area contributed by atoms with Crippen LogP contribution >= 0.6 is 0 Å². The molecule has 40 heteroatoms. The topological polar surface area (TPSA) is 814 Å². The van der Waals surface area contributed by atoms with E-state index in [1.54, 1.807) is 98.1 Å². The summed E-state index contributed by atoms with van der Waals surface area (Å²) in [6.07, 6.45) is 14.1. The van der Waals surface area contributed by atoms with Crippen molar-refractivity contribution in [2.45, 2.75) is 0 Å². The van der Waals surface area contributed by atoms with Crippen LogP contribution in [0.1, 0.15) is 82.9 Å². The van der Waals surface area contributed by atoms with E-state index in [1.807, 2.05) is 146 Å². The van der Waals surface area contributed by atoms with Crippen LogP contribution in [0.2, 0.25) is 0 Å². The number of rotatable bonds is 12. The number of aromatic carboxylic acids is 8. The van der Waals surface area contributed by atoms with E-state index in [9.17, 15) is 79.2 Å². The van der Waals surface area contributed by atoms with Gasteiger partial charge in [-0.15, -0.1) is 0 Å². The van der Waals surface area contributed by atoms with E-state index in [2.05, 4.69) is 39.9 Å². The van der Waals surface area contributed by atoms with Crippen molar-refractivity contribution in [1.82, 2.24) is 39.9 Å². The van der Waals surface area contributed by atoms with Crippen molar-refractivity contribution in [3.8, 4) is 45.6 Å². The first-order valence-electron chi connectivity index (χ1n) is 33.4. The maximum absolute atomic E-state index is 10.9. The number of pyridine rings is 8. The first-order valence-corrected chi connectivity index (χ1v) is 33.4. The Morgan fingerprint density at radius 1 is 0.156 bits per heavy atom. The fourth-order valence-electron chi connectivity index (χ4n) is 10.8. The second-order valence-electron chi connectivity index (χ2n) is 22.9. The third-order valence-electron chi connectivity index (χ3n) is 15.7. The Morgan fingerprint density at radius 2 is 0.258 bits per heavy atom. The van der Waals surface area contributed by atoms with Crippen molar-refractivity contribution in [1.29, 1.82) is 0 Å².